The van der Waals surface area contributed by atoms with E-state index in [1.165, 1.54) is 0 Å². The van der Waals surface area contributed by atoms with E-state index in [9.17, 15) is 0 Å². The third-order valence-electron chi connectivity index (χ3n) is 2.89. The molecule has 5 nitrogen and oxygen atoms in total. The maximum absolute atomic E-state index is 8.94. The highest BCUT2D eigenvalue weighted by Gasteiger charge is 2.15. The molecule has 5 heteroatoms. The van der Waals surface area contributed by atoms with Crippen molar-refractivity contribution in [2.75, 3.05) is 18.5 Å². The molecule has 0 spiro atoms. The summed E-state index contributed by atoms with van der Waals surface area (Å²) >= 11 is 0. The monoisotopic (exact) mass is 261 g/mol. The second-order valence-electron chi connectivity index (χ2n) is 4.21. The van der Waals surface area contributed by atoms with E-state index < -0.39 is 0 Å². The predicted octanol–water partition coefficient (Wildman–Crippen LogP) is 2.16. The second kappa shape index (κ2) is 5.24. The molecule has 0 amide bonds. The van der Waals surface area contributed by atoms with Crippen LogP contribution in [0, 0.1) is 0 Å². The van der Waals surface area contributed by atoms with Crippen molar-refractivity contribution < 1.29 is 19.0 Å². The van der Waals surface area contributed by atoms with Crippen LogP contribution in [0.1, 0.15) is 11.5 Å². The Bertz CT molecular complexity index is 564. The average molecular weight is 261 g/mol. The molecule has 3 rings (SSSR count). The molecule has 0 saturated heterocycles. The van der Waals surface area contributed by atoms with E-state index >= 15 is 0 Å². The third-order valence-corrected chi connectivity index (χ3v) is 2.89. The van der Waals surface area contributed by atoms with Crippen LogP contribution >= 0.6 is 0 Å². The summed E-state index contributed by atoms with van der Waals surface area (Å²) < 4.78 is 16.5. The minimum atomic E-state index is -0.0856. The molecule has 0 radical (unpaired) electrons. The van der Waals surface area contributed by atoms with Crippen molar-refractivity contribution in [3.05, 3.63) is 41.9 Å². The van der Waals surface area contributed by atoms with Gasteiger partial charge in [0.25, 0.3) is 0 Å². The van der Waals surface area contributed by atoms with Gasteiger partial charge in [0.15, 0.2) is 11.5 Å². The number of aliphatic hydroxyl groups excluding tert-OH is 1. The molecular formula is C14H15NO4. The van der Waals surface area contributed by atoms with Crippen LogP contribution < -0.4 is 14.8 Å². The lowest BCUT2D eigenvalue weighted by molar-refractivity contribution is 0.172. The Morgan fingerprint density at radius 1 is 1.05 bits per heavy atom. The van der Waals surface area contributed by atoms with Gasteiger partial charge in [-0.1, -0.05) is 6.07 Å². The Morgan fingerprint density at radius 3 is 2.74 bits per heavy atom. The Kier molecular flexibility index (Phi) is 3.29. The quantitative estimate of drug-likeness (QED) is 0.883. The minimum Gasteiger partial charge on any atom is -0.486 e. The molecule has 0 fully saturated rings. The van der Waals surface area contributed by atoms with Crippen LogP contribution in [0.2, 0.25) is 0 Å². The number of rotatable bonds is 4. The van der Waals surface area contributed by atoms with Crippen LogP contribution in [0.15, 0.2) is 34.7 Å². The van der Waals surface area contributed by atoms with Crippen LogP contribution in [0.3, 0.4) is 0 Å². The predicted molar refractivity (Wildman–Crippen MR) is 69.4 cm³/mol. The number of anilines is 1. The lowest BCUT2D eigenvalue weighted by Crippen LogP contribution is -2.16. The molecule has 0 aliphatic carbocycles. The Labute approximate surface area is 110 Å². The number of nitrogens with one attached hydrogen (secondary N) is 1. The summed E-state index contributed by atoms with van der Waals surface area (Å²) in [6.07, 6.45) is 0. The van der Waals surface area contributed by atoms with Gasteiger partial charge >= 0.3 is 0 Å². The fourth-order valence-corrected chi connectivity index (χ4v) is 2.00. The number of aliphatic hydroxyl groups is 1. The van der Waals surface area contributed by atoms with E-state index in [4.69, 9.17) is 19.0 Å². The molecule has 1 aromatic carbocycles. The molecule has 1 aliphatic heterocycles. The highest BCUT2D eigenvalue weighted by atomic mass is 16.6. The SMILES string of the molecule is OCc1ccc(CNc2cccc3c2OCCO3)o1. The summed E-state index contributed by atoms with van der Waals surface area (Å²) in [5, 5.41) is 12.2. The number of para-hydroxylation sites is 1. The van der Waals surface area contributed by atoms with Gasteiger partial charge in [-0.25, -0.2) is 0 Å². The highest BCUT2D eigenvalue weighted by Crippen LogP contribution is 2.37. The first kappa shape index (κ1) is 11.9. The summed E-state index contributed by atoms with van der Waals surface area (Å²) in [5.41, 5.74) is 0.874. The van der Waals surface area contributed by atoms with Gasteiger partial charge in [0.1, 0.15) is 31.3 Å². The molecule has 0 saturated carbocycles. The molecule has 2 N–H and O–H groups in total. The summed E-state index contributed by atoms with van der Waals surface area (Å²) in [5.74, 6) is 2.82. The van der Waals surface area contributed by atoms with Gasteiger partial charge in [0, 0.05) is 0 Å². The molecule has 0 atom stereocenters. The van der Waals surface area contributed by atoms with Gasteiger partial charge in [-0.15, -0.1) is 0 Å². The molecule has 2 aromatic rings. The van der Waals surface area contributed by atoms with Crippen molar-refractivity contribution in [3.8, 4) is 11.5 Å². The number of fused-ring (bicyclic) bond motifs is 1. The van der Waals surface area contributed by atoms with Gasteiger partial charge in [0.2, 0.25) is 0 Å². The van der Waals surface area contributed by atoms with Gasteiger partial charge < -0.3 is 24.3 Å². The van der Waals surface area contributed by atoms with Crippen LogP contribution in [-0.4, -0.2) is 18.3 Å². The van der Waals surface area contributed by atoms with Crippen molar-refractivity contribution in [3.63, 3.8) is 0 Å². The molecule has 1 aliphatic rings. The standard InChI is InChI=1S/C14H15NO4/c16-9-11-5-4-10(19-11)8-15-12-2-1-3-13-14(12)18-7-6-17-13/h1-5,15-16H,6-9H2. The Morgan fingerprint density at radius 2 is 1.89 bits per heavy atom. The number of ether oxygens (including phenoxy) is 2. The van der Waals surface area contributed by atoms with E-state index in [-0.39, 0.29) is 6.61 Å². The topological polar surface area (TPSA) is 63.9 Å². The van der Waals surface area contributed by atoms with Gasteiger partial charge in [-0.3, -0.25) is 0 Å². The van der Waals surface area contributed by atoms with E-state index in [1.807, 2.05) is 24.3 Å². The largest absolute Gasteiger partial charge is 0.486 e. The normalized spacial score (nSPS) is 13.3. The summed E-state index contributed by atoms with van der Waals surface area (Å²) in [6, 6.07) is 9.33. The van der Waals surface area contributed by atoms with Crippen molar-refractivity contribution in [2.45, 2.75) is 13.2 Å². The Hall–Kier alpha value is -2.14. The van der Waals surface area contributed by atoms with E-state index in [1.54, 1.807) is 6.07 Å². The molecule has 2 heterocycles. The number of benzene rings is 1. The van der Waals surface area contributed by atoms with E-state index in [0.717, 1.165) is 22.9 Å². The molecule has 0 bridgehead atoms. The fraction of sp³-hybridized carbons (Fsp3) is 0.286. The van der Waals surface area contributed by atoms with Crippen LogP contribution in [0.5, 0.6) is 11.5 Å². The second-order valence-corrected chi connectivity index (χ2v) is 4.21. The van der Waals surface area contributed by atoms with Crippen molar-refractivity contribution in [1.82, 2.24) is 0 Å². The third kappa shape index (κ3) is 2.51. The van der Waals surface area contributed by atoms with Crippen LogP contribution in [0.4, 0.5) is 5.69 Å². The summed E-state index contributed by atoms with van der Waals surface area (Å²) in [6.45, 7) is 1.58. The average Bonchev–Trinajstić information content (AvgIpc) is 2.93. The van der Waals surface area contributed by atoms with Crippen molar-refractivity contribution in [1.29, 1.82) is 0 Å². The zero-order valence-corrected chi connectivity index (χ0v) is 10.4. The van der Waals surface area contributed by atoms with Gasteiger partial charge in [0.05, 0.1) is 12.2 Å². The van der Waals surface area contributed by atoms with Crippen molar-refractivity contribution >= 4 is 5.69 Å². The number of hydrogen-bond acceptors (Lipinski definition) is 5. The summed E-state index contributed by atoms with van der Waals surface area (Å²) in [7, 11) is 0. The lowest BCUT2D eigenvalue weighted by Gasteiger charge is -2.21. The molecule has 1 aromatic heterocycles. The highest BCUT2D eigenvalue weighted by molar-refractivity contribution is 5.63. The fourth-order valence-electron chi connectivity index (χ4n) is 2.00. The van der Waals surface area contributed by atoms with E-state index in [2.05, 4.69) is 5.32 Å². The van der Waals surface area contributed by atoms with E-state index in [0.29, 0.717) is 25.5 Å². The lowest BCUT2D eigenvalue weighted by atomic mass is 10.2. The molecular weight excluding hydrogens is 246 g/mol. The zero-order chi connectivity index (χ0) is 13.1. The number of furan rings is 1. The first-order valence-electron chi connectivity index (χ1n) is 6.18. The molecule has 19 heavy (non-hydrogen) atoms. The molecule has 0 unspecified atom stereocenters. The number of hydrogen-bond donors (Lipinski definition) is 2. The van der Waals surface area contributed by atoms with Crippen LogP contribution in [-0.2, 0) is 13.2 Å². The first-order chi connectivity index (χ1) is 9.36. The first-order valence-corrected chi connectivity index (χ1v) is 6.18. The zero-order valence-electron chi connectivity index (χ0n) is 10.4. The maximum atomic E-state index is 8.94. The van der Waals surface area contributed by atoms with Crippen molar-refractivity contribution in [2.24, 2.45) is 0 Å². The minimum absolute atomic E-state index is 0.0856. The van der Waals surface area contributed by atoms with Crippen LogP contribution in [0.25, 0.3) is 0 Å². The molecule has 100 valence electrons. The summed E-state index contributed by atoms with van der Waals surface area (Å²) in [4.78, 5) is 0. The smallest absolute Gasteiger partial charge is 0.184 e. The van der Waals surface area contributed by atoms with Gasteiger partial charge in [-0.2, -0.15) is 0 Å². The maximum Gasteiger partial charge on any atom is 0.184 e. The Balaban J connectivity index is 1.73. The van der Waals surface area contributed by atoms with Gasteiger partial charge in [-0.05, 0) is 24.3 Å².